The third-order valence-electron chi connectivity index (χ3n) is 2.02. The number of thiophene rings is 1. The molecule has 9 heteroatoms. The normalized spacial score (nSPS) is 11.0. The molecule has 0 aliphatic carbocycles. The van der Waals surface area contributed by atoms with E-state index in [0.29, 0.717) is 14.4 Å². The minimum absolute atomic E-state index is 0.0792. The van der Waals surface area contributed by atoms with E-state index in [4.69, 9.17) is 16.9 Å². The molecular formula is C10H5BrClN3O2S2. The zero-order chi connectivity index (χ0) is 14.0. The van der Waals surface area contributed by atoms with Crippen molar-refractivity contribution >= 4 is 54.7 Å². The zero-order valence-corrected chi connectivity index (χ0v) is 13.1. The van der Waals surface area contributed by atoms with Crippen LogP contribution in [0.25, 0.3) is 0 Å². The maximum atomic E-state index is 12.0. The summed E-state index contributed by atoms with van der Waals surface area (Å²) < 4.78 is 27.0. The summed E-state index contributed by atoms with van der Waals surface area (Å²) in [6.07, 6.45) is 1.29. The summed E-state index contributed by atoms with van der Waals surface area (Å²) in [6, 6.07) is 6.14. The van der Waals surface area contributed by atoms with E-state index < -0.39 is 10.0 Å². The quantitative estimate of drug-likeness (QED) is 0.889. The predicted octanol–water partition coefficient (Wildman–Crippen LogP) is 3.23. The van der Waals surface area contributed by atoms with E-state index in [1.165, 1.54) is 24.4 Å². The second kappa shape index (κ2) is 5.46. The van der Waals surface area contributed by atoms with E-state index in [1.54, 1.807) is 0 Å². The highest BCUT2D eigenvalue weighted by molar-refractivity contribution is 9.11. The fraction of sp³-hybridized carbons (Fsp3) is 0. The molecule has 0 fully saturated rings. The number of nitrogens with one attached hydrogen (secondary N) is 1. The Hall–Kier alpha value is -1.14. The molecule has 0 amide bonds. The zero-order valence-electron chi connectivity index (χ0n) is 9.09. The topological polar surface area (TPSA) is 82.9 Å². The van der Waals surface area contributed by atoms with Gasteiger partial charge >= 0.3 is 0 Å². The number of sulfonamides is 1. The number of halogens is 2. The average Bonchev–Trinajstić information content (AvgIpc) is 2.71. The van der Waals surface area contributed by atoms with Crippen LogP contribution in [0.3, 0.4) is 0 Å². The molecule has 2 heterocycles. The number of aromatic nitrogens is 1. The highest BCUT2D eigenvalue weighted by Crippen LogP contribution is 2.35. The van der Waals surface area contributed by atoms with Gasteiger partial charge in [-0.1, -0.05) is 11.6 Å². The summed E-state index contributed by atoms with van der Waals surface area (Å²) in [5.74, 6) is 0.139. The summed E-state index contributed by atoms with van der Waals surface area (Å²) in [5, 5.41) is 8.96. The van der Waals surface area contributed by atoms with E-state index in [2.05, 4.69) is 25.6 Å². The molecule has 19 heavy (non-hydrogen) atoms. The van der Waals surface area contributed by atoms with Gasteiger partial charge in [-0.05, 0) is 34.1 Å². The summed E-state index contributed by atoms with van der Waals surface area (Å²) in [5.41, 5.74) is 0.352. The van der Waals surface area contributed by atoms with Crippen molar-refractivity contribution in [2.24, 2.45) is 0 Å². The molecule has 0 spiro atoms. The Morgan fingerprint density at radius 2 is 2.21 bits per heavy atom. The molecule has 2 aromatic rings. The molecule has 0 aliphatic heterocycles. The van der Waals surface area contributed by atoms with Crippen molar-refractivity contribution in [1.82, 2.24) is 4.98 Å². The number of anilines is 1. The number of rotatable bonds is 3. The van der Waals surface area contributed by atoms with Crippen molar-refractivity contribution in [2.45, 2.75) is 4.21 Å². The number of nitriles is 1. The van der Waals surface area contributed by atoms with Crippen LogP contribution in [0, 0.1) is 11.3 Å². The molecule has 2 rings (SSSR count). The van der Waals surface area contributed by atoms with Crippen LogP contribution < -0.4 is 4.72 Å². The molecule has 0 aliphatic rings. The standard InChI is InChI=1S/C10H5BrClN3O2S2/c11-10-7(12)3-9(18-10)19(16,17)15-8-2-1-6(4-13)5-14-8/h1-3,5H,(H,14,15). The number of pyridine rings is 1. The molecule has 0 atom stereocenters. The minimum Gasteiger partial charge on any atom is -0.263 e. The second-order valence-electron chi connectivity index (χ2n) is 3.34. The Kier molecular flexibility index (Phi) is 4.10. The van der Waals surface area contributed by atoms with Crippen LogP contribution in [-0.4, -0.2) is 13.4 Å². The SMILES string of the molecule is N#Cc1ccc(NS(=O)(=O)c2cc(Cl)c(Br)s2)nc1. The predicted molar refractivity (Wildman–Crippen MR) is 76.8 cm³/mol. The fourth-order valence-corrected chi connectivity index (χ4v) is 4.57. The van der Waals surface area contributed by atoms with E-state index in [9.17, 15) is 8.42 Å². The Morgan fingerprint density at radius 3 is 2.68 bits per heavy atom. The highest BCUT2D eigenvalue weighted by Gasteiger charge is 2.19. The minimum atomic E-state index is -3.73. The maximum Gasteiger partial charge on any atom is 0.272 e. The Morgan fingerprint density at radius 1 is 1.47 bits per heavy atom. The molecule has 0 saturated carbocycles. The molecule has 5 nitrogen and oxygen atoms in total. The lowest BCUT2D eigenvalue weighted by Gasteiger charge is -2.04. The molecule has 0 radical (unpaired) electrons. The van der Waals surface area contributed by atoms with Crippen LogP contribution in [0.1, 0.15) is 5.56 Å². The Bertz CT molecular complexity index is 731. The average molecular weight is 379 g/mol. The lowest BCUT2D eigenvalue weighted by molar-refractivity contribution is 0.603. The smallest absolute Gasteiger partial charge is 0.263 e. The van der Waals surface area contributed by atoms with Gasteiger partial charge in [0, 0.05) is 6.20 Å². The molecule has 1 N–H and O–H groups in total. The number of hydrogen-bond donors (Lipinski definition) is 1. The molecule has 0 saturated heterocycles. The number of hydrogen-bond acceptors (Lipinski definition) is 5. The van der Waals surface area contributed by atoms with E-state index >= 15 is 0 Å². The van der Waals surface area contributed by atoms with E-state index in [0.717, 1.165) is 11.3 Å². The Balaban J connectivity index is 2.28. The molecule has 0 unspecified atom stereocenters. The van der Waals surface area contributed by atoms with Gasteiger partial charge in [0.15, 0.2) is 0 Å². The van der Waals surface area contributed by atoms with Crippen molar-refractivity contribution in [3.8, 4) is 6.07 Å². The summed E-state index contributed by atoms with van der Waals surface area (Å²) in [6.45, 7) is 0. The monoisotopic (exact) mass is 377 g/mol. The maximum absolute atomic E-state index is 12.0. The lowest BCUT2D eigenvalue weighted by atomic mass is 10.3. The molecule has 98 valence electrons. The van der Waals surface area contributed by atoms with Gasteiger partial charge in [0.05, 0.1) is 14.4 Å². The first-order chi connectivity index (χ1) is 8.92. The third-order valence-corrected chi connectivity index (χ3v) is 6.32. The van der Waals surface area contributed by atoms with Crippen LogP contribution in [0.2, 0.25) is 5.02 Å². The van der Waals surface area contributed by atoms with Crippen molar-refractivity contribution in [3.63, 3.8) is 0 Å². The van der Waals surface area contributed by atoms with E-state index in [1.807, 2.05) is 6.07 Å². The van der Waals surface area contributed by atoms with Crippen molar-refractivity contribution in [2.75, 3.05) is 4.72 Å². The lowest BCUT2D eigenvalue weighted by Crippen LogP contribution is -2.12. The Labute approximate surface area is 127 Å². The van der Waals surface area contributed by atoms with Crippen molar-refractivity contribution in [1.29, 1.82) is 5.26 Å². The van der Waals surface area contributed by atoms with E-state index in [-0.39, 0.29) is 10.0 Å². The molecule has 0 bridgehead atoms. The van der Waals surface area contributed by atoms with Crippen LogP contribution in [0.15, 0.2) is 32.4 Å². The first kappa shape index (κ1) is 14.3. The molecule has 2 aromatic heterocycles. The van der Waals surface area contributed by atoms with Gasteiger partial charge in [-0.3, -0.25) is 4.72 Å². The summed E-state index contributed by atoms with van der Waals surface area (Å²) in [7, 11) is -3.73. The van der Waals surface area contributed by atoms with Crippen LogP contribution >= 0.6 is 38.9 Å². The van der Waals surface area contributed by atoms with Crippen LogP contribution in [0.4, 0.5) is 5.82 Å². The van der Waals surface area contributed by atoms with Crippen LogP contribution in [-0.2, 0) is 10.0 Å². The van der Waals surface area contributed by atoms with Gasteiger partial charge in [0.2, 0.25) is 0 Å². The largest absolute Gasteiger partial charge is 0.272 e. The molecular weight excluding hydrogens is 374 g/mol. The van der Waals surface area contributed by atoms with Gasteiger partial charge in [-0.2, -0.15) is 5.26 Å². The van der Waals surface area contributed by atoms with Gasteiger partial charge in [-0.25, -0.2) is 13.4 Å². The van der Waals surface area contributed by atoms with Crippen LogP contribution in [0.5, 0.6) is 0 Å². The summed E-state index contributed by atoms with van der Waals surface area (Å²) >= 11 is 9.96. The van der Waals surface area contributed by atoms with Crippen molar-refractivity contribution in [3.05, 3.63) is 38.8 Å². The summed E-state index contributed by atoms with van der Waals surface area (Å²) in [4.78, 5) is 3.84. The van der Waals surface area contributed by atoms with Gasteiger partial charge in [0.25, 0.3) is 10.0 Å². The highest BCUT2D eigenvalue weighted by atomic mass is 79.9. The second-order valence-corrected chi connectivity index (χ2v) is 8.02. The first-order valence-corrected chi connectivity index (χ1v) is 8.23. The van der Waals surface area contributed by atoms with Gasteiger partial charge in [-0.15, -0.1) is 11.3 Å². The first-order valence-electron chi connectivity index (χ1n) is 4.76. The third kappa shape index (κ3) is 3.25. The van der Waals surface area contributed by atoms with Crippen molar-refractivity contribution < 1.29 is 8.42 Å². The fourth-order valence-electron chi connectivity index (χ4n) is 1.17. The van der Waals surface area contributed by atoms with Gasteiger partial charge in [0.1, 0.15) is 16.1 Å². The molecule has 0 aromatic carbocycles. The number of nitrogens with zero attached hydrogens (tertiary/aromatic N) is 2. The van der Waals surface area contributed by atoms with Gasteiger partial charge < -0.3 is 0 Å².